The van der Waals surface area contributed by atoms with Gasteiger partial charge in [0.2, 0.25) is 0 Å². The summed E-state index contributed by atoms with van der Waals surface area (Å²) < 4.78 is 1.89. The molecule has 1 aromatic heterocycles. The molecule has 0 bridgehead atoms. The summed E-state index contributed by atoms with van der Waals surface area (Å²) in [6, 6.07) is 4.63. The fourth-order valence-corrected chi connectivity index (χ4v) is 1.42. The van der Waals surface area contributed by atoms with E-state index in [1.807, 2.05) is 23.9 Å². The maximum absolute atomic E-state index is 8.50. The Labute approximate surface area is 84.5 Å². The van der Waals surface area contributed by atoms with E-state index in [9.17, 15) is 0 Å². The minimum absolute atomic E-state index is 0.241. The second kappa shape index (κ2) is 5.40. The predicted molar refractivity (Wildman–Crippen MR) is 54.5 cm³/mol. The minimum Gasteiger partial charge on any atom is -0.309 e. The molecular formula is C10H16N4. The molecule has 76 valence electrons. The lowest BCUT2D eigenvalue weighted by Gasteiger charge is -2.17. The van der Waals surface area contributed by atoms with Crippen molar-refractivity contribution in [3.05, 3.63) is 18.5 Å². The molecule has 0 amide bonds. The summed E-state index contributed by atoms with van der Waals surface area (Å²) >= 11 is 0. The zero-order valence-electron chi connectivity index (χ0n) is 8.64. The van der Waals surface area contributed by atoms with Gasteiger partial charge in [-0.15, -0.1) is 0 Å². The van der Waals surface area contributed by atoms with E-state index in [0.29, 0.717) is 12.5 Å². The average molecular weight is 192 g/mol. The molecule has 4 nitrogen and oxygen atoms in total. The first-order valence-electron chi connectivity index (χ1n) is 4.82. The Morgan fingerprint density at radius 2 is 2.29 bits per heavy atom. The predicted octanol–water partition coefficient (Wildman–Crippen LogP) is 1.16. The molecule has 1 rings (SSSR count). The van der Waals surface area contributed by atoms with Crippen LogP contribution in [0, 0.1) is 11.3 Å². The molecule has 0 aliphatic carbocycles. The first-order chi connectivity index (χ1) is 6.72. The third kappa shape index (κ3) is 3.58. The summed E-state index contributed by atoms with van der Waals surface area (Å²) in [6.07, 6.45) is 4.25. The normalized spacial score (nSPS) is 14.6. The van der Waals surface area contributed by atoms with E-state index in [1.165, 1.54) is 0 Å². The molecule has 0 aromatic carbocycles. The fourth-order valence-electron chi connectivity index (χ4n) is 1.42. The van der Waals surface area contributed by atoms with Gasteiger partial charge in [-0.3, -0.25) is 4.68 Å². The maximum Gasteiger partial charge on any atom is 0.0638 e. The van der Waals surface area contributed by atoms with Crippen LogP contribution < -0.4 is 5.32 Å². The highest BCUT2D eigenvalue weighted by atomic mass is 15.3. The van der Waals surface area contributed by atoms with E-state index in [2.05, 4.69) is 23.4 Å². The molecule has 0 fully saturated rings. The van der Waals surface area contributed by atoms with Crippen LogP contribution >= 0.6 is 0 Å². The smallest absolute Gasteiger partial charge is 0.0638 e. The van der Waals surface area contributed by atoms with Crippen molar-refractivity contribution in [3.63, 3.8) is 0 Å². The van der Waals surface area contributed by atoms with Crippen molar-refractivity contribution in [1.82, 2.24) is 15.1 Å². The Kier molecular flexibility index (Phi) is 4.14. The Bertz CT molecular complexity index is 286. The van der Waals surface area contributed by atoms with E-state index < -0.39 is 0 Å². The molecule has 0 spiro atoms. The minimum atomic E-state index is 0.241. The van der Waals surface area contributed by atoms with E-state index in [0.717, 1.165) is 6.54 Å². The van der Waals surface area contributed by atoms with Crippen LogP contribution in [-0.2, 0) is 6.54 Å². The van der Waals surface area contributed by atoms with Crippen molar-refractivity contribution in [2.75, 3.05) is 0 Å². The van der Waals surface area contributed by atoms with Crippen LogP contribution in [-0.4, -0.2) is 21.9 Å². The Balaban J connectivity index is 2.29. The molecular weight excluding hydrogens is 176 g/mol. The lowest BCUT2D eigenvalue weighted by molar-refractivity contribution is 0.409. The molecule has 1 heterocycles. The molecule has 0 radical (unpaired) electrons. The number of hydrogen-bond donors (Lipinski definition) is 1. The quantitative estimate of drug-likeness (QED) is 0.761. The SMILES string of the molecule is CC(CC#N)NC(C)Cn1cccn1. The molecule has 2 atom stereocenters. The van der Waals surface area contributed by atoms with Crippen LogP contribution in [0.2, 0.25) is 0 Å². The van der Waals surface area contributed by atoms with Gasteiger partial charge in [-0.05, 0) is 19.9 Å². The number of hydrogen-bond acceptors (Lipinski definition) is 3. The number of nitriles is 1. The largest absolute Gasteiger partial charge is 0.309 e. The van der Waals surface area contributed by atoms with Crippen molar-refractivity contribution < 1.29 is 0 Å². The van der Waals surface area contributed by atoms with Crippen LogP contribution in [0.1, 0.15) is 20.3 Å². The highest BCUT2D eigenvalue weighted by Crippen LogP contribution is 1.95. The summed E-state index contributed by atoms with van der Waals surface area (Å²) in [5.41, 5.74) is 0. The van der Waals surface area contributed by atoms with Crippen LogP contribution in [0.15, 0.2) is 18.5 Å². The zero-order chi connectivity index (χ0) is 10.4. The monoisotopic (exact) mass is 192 g/mol. The van der Waals surface area contributed by atoms with Gasteiger partial charge in [0.25, 0.3) is 0 Å². The zero-order valence-corrected chi connectivity index (χ0v) is 8.64. The van der Waals surface area contributed by atoms with E-state index in [1.54, 1.807) is 6.20 Å². The first-order valence-corrected chi connectivity index (χ1v) is 4.82. The summed E-state index contributed by atoms with van der Waals surface area (Å²) in [5, 5.41) is 16.0. The summed E-state index contributed by atoms with van der Waals surface area (Å²) in [5.74, 6) is 0. The van der Waals surface area contributed by atoms with Crippen LogP contribution in [0.25, 0.3) is 0 Å². The number of aromatic nitrogens is 2. The van der Waals surface area contributed by atoms with Crippen molar-refractivity contribution in [3.8, 4) is 6.07 Å². The molecule has 1 aromatic rings. The number of nitrogens with one attached hydrogen (secondary N) is 1. The molecule has 1 N–H and O–H groups in total. The molecule has 0 saturated heterocycles. The Morgan fingerprint density at radius 1 is 1.50 bits per heavy atom. The summed E-state index contributed by atoms with van der Waals surface area (Å²) in [4.78, 5) is 0. The van der Waals surface area contributed by atoms with Crippen molar-refractivity contribution in [1.29, 1.82) is 5.26 Å². The lowest BCUT2D eigenvalue weighted by atomic mass is 10.2. The van der Waals surface area contributed by atoms with Gasteiger partial charge in [0.15, 0.2) is 0 Å². The Hall–Kier alpha value is -1.34. The third-order valence-corrected chi connectivity index (χ3v) is 1.99. The fraction of sp³-hybridized carbons (Fsp3) is 0.600. The lowest BCUT2D eigenvalue weighted by Crippen LogP contribution is -2.37. The van der Waals surface area contributed by atoms with E-state index in [-0.39, 0.29) is 6.04 Å². The molecule has 2 unspecified atom stereocenters. The summed E-state index contributed by atoms with van der Waals surface area (Å²) in [6.45, 7) is 4.95. The highest BCUT2D eigenvalue weighted by Gasteiger charge is 2.07. The molecule has 4 heteroatoms. The van der Waals surface area contributed by atoms with Gasteiger partial charge in [-0.25, -0.2) is 0 Å². The highest BCUT2D eigenvalue weighted by molar-refractivity contribution is 4.81. The first kappa shape index (κ1) is 10.7. The second-order valence-electron chi connectivity index (χ2n) is 3.56. The van der Waals surface area contributed by atoms with Gasteiger partial charge in [-0.2, -0.15) is 10.4 Å². The van der Waals surface area contributed by atoms with Crippen LogP contribution in [0.4, 0.5) is 0 Å². The molecule has 0 saturated carbocycles. The second-order valence-corrected chi connectivity index (χ2v) is 3.56. The average Bonchev–Trinajstić information content (AvgIpc) is 2.56. The molecule has 0 aliphatic heterocycles. The van der Waals surface area contributed by atoms with Gasteiger partial charge in [0.05, 0.1) is 19.0 Å². The van der Waals surface area contributed by atoms with Gasteiger partial charge in [-0.1, -0.05) is 0 Å². The Morgan fingerprint density at radius 3 is 2.86 bits per heavy atom. The van der Waals surface area contributed by atoms with Gasteiger partial charge < -0.3 is 5.32 Å². The van der Waals surface area contributed by atoms with Gasteiger partial charge >= 0.3 is 0 Å². The van der Waals surface area contributed by atoms with Gasteiger partial charge in [0.1, 0.15) is 0 Å². The topological polar surface area (TPSA) is 53.6 Å². The van der Waals surface area contributed by atoms with Crippen LogP contribution in [0.3, 0.4) is 0 Å². The number of nitrogens with zero attached hydrogens (tertiary/aromatic N) is 3. The standard InChI is InChI=1S/C10H16N4/c1-9(4-5-11)13-10(2)8-14-7-3-6-12-14/h3,6-7,9-10,13H,4,8H2,1-2H3. The maximum atomic E-state index is 8.50. The van der Waals surface area contributed by atoms with E-state index >= 15 is 0 Å². The van der Waals surface area contributed by atoms with Crippen molar-refractivity contribution in [2.45, 2.75) is 38.9 Å². The van der Waals surface area contributed by atoms with Gasteiger partial charge in [0, 0.05) is 24.5 Å². The van der Waals surface area contributed by atoms with Crippen molar-refractivity contribution in [2.24, 2.45) is 0 Å². The van der Waals surface area contributed by atoms with E-state index in [4.69, 9.17) is 5.26 Å². The van der Waals surface area contributed by atoms with Crippen LogP contribution in [0.5, 0.6) is 0 Å². The third-order valence-electron chi connectivity index (χ3n) is 1.99. The molecule has 0 aliphatic rings. The summed E-state index contributed by atoms with van der Waals surface area (Å²) in [7, 11) is 0. The number of rotatable bonds is 5. The van der Waals surface area contributed by atoms with Crippen molar-refractivity contribution >= 4 is 0 Å². The molecule has 14 heavy (non-hydrogen) atoms.